The molecular formula is C28H32F3N6O7PS. The molecule has 0 aliphatic carbocycles. The Morgan fingerprint density at radius 2 is 1.80 bits per heavy atom. The van der Waals surface area contributed by atoms with Gasteiger partial charge in [0.2, 0.25) is 5.95 Å². The van der Waals surface area contributed by atoms with Crippen molar-refractivity contribution in [3.05, 3.63) is 58.8 Å². The summed E-state index contributed by atoms with van der Waals surface area (Å²) in [6, 6.07) is 7.65. The summed E-state index contributed by atoms with van der Waals surface area (Å²) in [6.45, 7) is 2.30. The summed E-state index contributed by atoms with van der Waals surface area (Å²) in [5, 5.41) is 5.52. The maximum absolute atomic E-state index is 14.1. The minimum Gasteiger partial charge on any atom is -0.495 e. The third kappa shape index (κ3) is 7.22. The van der Waals surface area contributed by atoms with Gasteiger partial charge in [-0.15, -0.1) is 0 Å². The Balaban J connectivity index is 1.48. The second kappa shape index (κ2) is 12.7. The van der Waals surface area contributed by atoms with Crippen molar-refractivity contribution in [2.24, 2.45) is 0 Å². The fourth-order valence-electron chi connectivity index (χ4n) is 5.30. The SMILES string of the molecule is CCOP(=O)(O)Cc1ccc(Nc2ncc(C(F)(F)F)c(Nc3ccc(N4CCS(=O)(=O)CC4)c4c3C(=O)N(C)C4)n2)c(OC)c1. The minimum absolute atomic E-state index is 0.0414. The van der Waals surface area contributed by atoms with E-state index in [1.807, 2.05) is 4.90 Å². The third-order valence-corrected chi connectivity index (χ3v) is 10.5. The normalized spacial score (nSPS) is 17.4. The average molecular weight is 685 g/mol. The number of rotatable bonds is 10. The van der Waals surface area contributed by atoms with Gasteiger partial charge in [0.15, 0.2) is 9.84 Å². The highest BCUT2D eigenvalue weighted by molar-refractivity contribution is 7.91. The molecule has 13 nitrogen and oxygen atoms in total. The largest absolute Gasteiger partial charge is 0.495 e. The first kappa shape index (κ1) is 33.4. The zero-order valence-corrected chi connectivity index (χ0v) is 26.8. The summed E-state index contributed by atoms with van der Waals surface area (Å²) in [7, 11) is -4.13. The van der Waals surface area contributed by atoms with Gasteiger partial charge in [0, 0.05) is 44.1 Å². The molecule has 248 valence electrons. The molecule has 0 saturated carbocycles. The van der Waals surface area contributed by atoms with Crippen molar-refractivity contribution < 1.29 is 45.1 Å². The lowest BCUT2D eigenvalue weighted by Crippen LogP contribution is -2.40. The van der Waals surface area contributed by atoms with E-state index in [1.54, 1.807) is 20.0 Å². The van der Waals surface area contributed by atoms with Gasteiger partial charge >= 0.3 is 13.8 Å². The Kier molecular flexibility index (Phi) is 9.23. The van der Waals surface area contributed by atoms with Crippen molar-refractivity contribution in [2.45, 2.75) is 25.8 Å². The highest BCUT2D eigenvalue weighted by Crippen LogP contribution is 2.46. The third-order valence-electron chi connectivity index (χ3n) is 7.50. The molecule has 0 bridgehead atoms. The molecular weight excluding hydrogens is 652 g/mol. The molecule has 3 heterocycles. The fraction of sp³-hybridized carbons (Fsp3) is 0.393. The maximum Gasteiger partial charge on any atom is 0.421 e. The number of hydrogen-bond acceptors (Lipinski definition) is 11. The molecule has 2 aromatic carbocycles. The van der Waals surface area contributed by atoms with E-state index in [2.05, 4.69) is 20.6 Å². The zero-order chi connectivity index (χ0) is 33.4. The van der Waals surface area contributed by atoms with E-state index in [0.717, 1.165) is 0 Å². The van der Waals surface area contributed by atoms with Crippen LogP contribution in [0.1, 0.15) is 34.0 Å². The number of alkyl halides is 3. The van der Waals surface area contributed by atoms with Gasteiger partial charge in [0.25, 0.3) is 5.91 Å². The van der Waals surface area contributed by atoms with Crippen LogP contribution in [0, 0.1) is 0 Å². The van der Waals surface area contributed by atoms with Crippen molar-refractivity contribution in [1.82, 2.24) is 14.9 Å². The van der Waals surface area contributed by atoms with Gasteiger partial charge in [-0.25, -0.2) is 13.4 Å². The van der Waals surface area contributed by atoms with Gasteiger partial charge in [0.1, 0.15) is 17.1 Å². The van der Waals surface area contributed by atoms with Gasteiger partial charge in [-0.1, -0.05) is 6.07 Å². The molecule has 1 atom stereocenters. The number of amides is 1. The molecule has 2 aliphatic heterocycles. The van der Waals surface area contributed by atoms with Gasteiger partial charge < -0.3 is 34.6 Å². The van der Waals surface area contributed by atoms with Crippen LogP contribution in [0.5, 0.6) is 5.75 Å². The first-order valence-corrected chi connectivity index (χ1v) is 17.7. The van der Waals surface area contributed by atoms with E-state index in [1.165, 1.54) is 36.3 Å². The van der Waals surface area contributed by atoms with E-state index in [-0.39, 0.29) is 72.5 Å². The molecule has 2 aliphatic rings. The quantitative estimate of drug-likeness (QED) is 0.256. The second-order valence-corrected chi connectivity index (χ2v) is 14.9. The maximum atomic E-state index is 14.1. The van der Waals surface area contributed by atoms with Crippen molar-refractivity contribution in [3.63, 3.8) is 0 Å². The molecule has 3 N–H and O–H groups in total. The van der Waals surface area contributed by atoms with Crippen molar-refractivity contribution >= 4 is 52.2 Å². The smallest absolute Gasteiger partial charge is 0.421 e. The number of sulfone groups is 1. The molecule has 1 unspecified atom stereocenters. The Morgan fingerprint density at radius 1 is 1.11 bits per heavy atom. The number of halogens is 3. The van der Waals surface area contributed by atoms with Crippen LogP contribution in [-0.2, 0) is 37.8 Å². The fourth-order valence-corrected chi connectivity index (χ4v) is 7.66. The summed E-state index contributed by atoms with van der Waals surface area (Å²) in [6.07, 6.45) is -4.52. The van der Waals surface area contributed by atoms with Crippen LogP contribution >= 0.6 is 7.60 Å². The molecule has 1 saturated heterocycles. The molecule has 1 aromatic heterocycles. The summed E-state index contributed by atoms with van der Waals surface area (Å²) in [5.74, 6) is -1.12. The number of fused-ring (bicyclic) bond motifs is 1. The zero-order valence-electron chi connectivity index (χ0n) is 25.1. The van der Waals surface area contributed by atoms with Crippen LogP contribution in [0.2, 0.25) is 0 Å². The number of ether oxygens (including phenoxy) is 1. The van der Waals surface area contributed by atoms with Crippen molar-refractivity contribution in [1.29, 1.82) is 0 Å². The lowest BCUT2D eigenvalue weighted by molar-refractivity contribution is -0.137. The van der Waals surface area contributed by atoms with E-state index in [9.17, 15) is 35.8 Å². The Labute approximate surface area is 263 Å². The molecule has 18 heteroatoms. The Bertz CT molecular complexity index is 1810. The van der Waals surface area contributed by atoms with Crippen LogP contribution < -0.4 is 20.3 Å². The standard InChI is InChI=1S/C28H32F3N6O7PS/c1-4-44-45(39,40)16-17-5-6-20(23(13-17)43-3)34-27-32-14-19(28(29,30)31)25(35-27)33-21-7-8-22(18-15-36(2)26(38)24(18)21)37-9-11-46(41,42)12-10-37/h5-8,13-14H,4,9-12,15-16H2,1-3H3,(H,39,40)(H2,32,33,34,35). The first-order valence-electron chi connectivity index (χ1n) is 14.1. The number of carbonyl (C=O) groups excluding carboxylic acids is 1. The number of benzene rings is 2. The number of hydrogen-bond donors (Lipinski definition) is 3. The van der Waals surface area contributed by atoms with Gasteiger partial charge in [-0.05, 0) is 36.8 Å². The number of nitrogens with zero attached hydrogens (tertiary/aromatic N) is 4. The van der Waals surface area contributed by atoms with Gasteiger partial charge in [-0.2, -0.15) is 18.2 Å². The molecule has 3 aromatic rings. The lowest BCUT2D eigenvalue weighted by Gasteiger charge is -2.30. The highest BCUT2D eigenvalue weighted by Gasteiger charge is 2.37. The number of nitrogens with one attached hydrogen (secondary N) is 2. The molecule has 0 radical (unpaired) electrons. The average Bonchev–Trinajstić information content (AvgIpc) is 3.27. The number of methoxy groups -OCH3 is 1. The minimum atomic E-state index is -4.85. The second-order valence-electron chi connectivity index (χ2n) is 10.7. The number of carbonyl (C=O) groups is 1. The molecule has 5 rings (SSSR count). The highest BCUT2D eigenvalue weighted by atomic mass is 32.2. The van der Waals surface area contributed by atoms with E-state index in [4.69, 9.17) is 9.26 Å². The predicted octanol–water partition coefficient (Wildman–Crippen LogP) is 4.53. The van der Waals surface area contributed by atoms with Crippen LogP contribution in [0.25, 0.3) is 0 Å². The van der Waals surface area contributed by atoms with Crippen molar-refractivity contribution in [2.75, 3.05) is 60.9 Å². The molecule has 46 heavy (non-hydrogen) atoms. The van der Waals surface area contributed by atoms with E-state index in [0.29, 0.717) is 23.0 Å². The van der Waals surface area contributed by atoms with Crippen LogP contribution in [0.4, 0.5) is 42.0 Å². The van der Waals surface area contributed by atoms with Crippen LogP contribution in [0.3, 0.4) is 0 Å². The Morgan fingerprint density at radius 3 is 2.46 bits per heavy atom. The van der Waals surface area contributed by atoms with Gasteiger partial charge in [0.05, 0.1) is 48.3 Å². The number of anilines is 5. The monoisotopic (exact) mass is 684 g/mol. The topological polar surface area (TPSA) is 163 Å². The van der Waals surface area contributed by atoms with E-state index >= 15 is 0 Å². The number of aromatic nitrogens is 2. The van der Waals surface area contributed by atoms with Crippen LogP contribution in [-0.4, -0.2) is 79.4 Å². The van der Waals surface area contributed by atoms with Crippen molar-refractivity contribution in [3.8, 4) is 5.75 Å². The van der Waals surface area contributed by atoms with Gasteiger partial charge in [-0.3, -0.25) is 9.36 Å². The van der Waals surface area contributed by atoms with E-state index < -0.39 is 40.9 Å². The predicted molar refractivity (Wildman–Crippen MR) is 165 cm³/mol. The summed E-state index contributed by atoms with van der Waals surface area (Å²) in [4.78, 5) is 34.4. The molecule has 1 amide bonds. The van der Waals surface area contributed by atoms with Crippen LogP contribution in [0.15, 0.2) is 36.5 Å². The Hall–Kier alpha value is -3.92. The first-order chi connectivity index (χ1) is 21.6. The summed E-state index contributed by atoms with van der Waals surface area (Å²) >= 11 is 0. The summed E-state index contributed by atoms with van der Waals surface area (Å²) < 4.78 is 88.7. The molecule has 1 fully saturated rings. The lowest BCUT2D eigenvalue weighted by atomic mass is 10.0. The molecule has 0 spiro atoms. The summed E-state index contributed by atoms with van der Waals surface area (Å²) in [5.41, 5.74) is 0.996.